The van der Waals surface area contributed by atoms with Crippen molar-refractivity contribution in [3.63, 3.8) is 0 Å². The molecule has 0 bridgehead atoms. The topological polar surface area (TPSA) is 18.5 Å². The summed E-state index contributed by atoms with van der Waals surface area (Å²) in [5.74, 6) is 0.824. The zero-order valence-electron chi connectivity index (χ0n) is 11.6. The maximum absolute atomic E-state index is 3.57. The van der Waals surface area contributed by atoms with Crippen molar-refractivity contribution in [3.8, 4) is 0 Å². The quantitative estimate of drug-likeness (QED) is 0.707. The van der Waals surface area contributed by atoms with Crippen LogP contribution in [0.2, 0.25) is 0 Å². The van der Waals surface area contributed by atoms with Gasteiger partial charge >= 0.3 is 0 Å². The molecule has 0 spiro atoms. The Labute approximate surface area is 107 Å². The molecular weight excluding hydrogens is 210 g/mol. The highest BCUT2D eigenvalue weighted by Gasteiger charge is 2.29. The fraction of sp³-hybridized carbons (Fsp3) is 1.00. The molecule has 1 unspecified atom stereocenters. The van der Waals surface area contributed by atoms with Crippen LogP contribution in [0.3, 0.4) is 0 Å². The smallest absolute Gasteiger partial charge is 0.0224 e. The maximum Gasteiger partial charge on any atom is 0.0224 e. The molecule has 0 aromatic heterocycles. The first kappa shape index (κ1) is 13.3. The normalized spacial score (nSPS) is 26.6. The lowest BCUT2D eigenvalue weighted by Gasteiger charge is -2.37. The van der Waals surface area contributed by atoms with Gasteiger partial charge in [-0.15, -0.1) is 0 Å². The van der Waals surface area contributed by atoms with E-state index in [2.05, 4.69) is 29.0 Å². The highest BCUT2D eigenvalue weighted by molar-refractivity contribution is 4.86. The van der Waals surface area contributed by atoms with Gasteiger partial charge in [-0.05, 0) is 38.3 Å². The second-order valence-corrected chi connectivity index (χ2v) is 6.07. The molecule has 2 rings (SSSR count). The van der Waals surface area contributed by atoms with Crippen molar-refractivity contribution in [1.29, 1.82) is 0 Å². The highest BCUT2D eigenvalue weighted by atomic mass is 15.3. The minimum absolute atomic E-state index is 0.824. The van der Waals surface area contributed by atoms with Gasteiger partial charge in [0.2, 0.25) is 0 Å². The lowest BCUT2D eigenvalue weighted by Crippen LogP contribution is -2.51. The van der Waals surface area contributed by atoms with Crippen LogP contribution in [-0.2, 0) is 0 Å². The van der Waals surface area contributed by atoms with E-state index in [0.29, 0.717) is 0 Å². The zero-order chi connectivity index (χ0) is 12.1. The molecule has 1 N–H and O–H groups in total. The van der Waals surface area contributed by atoms with E-state index in [1.165, 1.54) is 65.1 Å². The molecule has 3 nitrogen and oxygen atoms in total. The molecule has 3 heteroatoms. The Morgan fingerprint density at radius 1 is 1.18 bits per heavy atom. The van der Waals surface area contributed by atoms with E-state index in [4.69, 9.17) is 0 Å². The third-order valence-corrected chi connectivity index (χ3v) is 4.17. The lowest BCUT2D eigenvalue weighted by molar-refractivity contribution is 0.105. The van der Waals surface area contributed by atoms with E-state index in [1.807, 2.05) is 0 Å². The Morgan fingerprint density at radius 3 is 2.88 bits per heavy atom. The van der Waals surface area contributed by atoms with E-state index < -0.39 is 0 Å². The van der Waals surface area contributed by atoms with Crippen LogP contribution in [0.1, 0.15) is 33.1 Å². The van der Waals surface area contributed by atoms with Gasteiger partial charge in [-0.25, -0.2) is 0 Å². The average molecular weight is 239 g/mol. The molecule has 1 atom stereocenters. The first-order valence-corrected chi connectivity index (χ1v) is 7.43. The monoisotopic (exact) mass is 239 g/mol. The maximum atomic E-state index is 3.57. The Kier molecular flexibility index (Phi) is 5.26. The van der Waals surface area contributed by atoms with Gasteiger partial charge in [-0.1, -0.05) is 13.8 Å². The lowest BCUT2D eigenvalue weighted by atomic mass is 10.1. The first-order chi connectivity index (χ1) is 8.25. The Morgan fingerprint density at radius 2 is 2.06 bits per heavy atom. The van der Waals surface area contributed by atoms with E-state index in [-0.39, 0.29) is 0 Å². The second-order valence-electron chi connectivity index (χ2n) is 6.07. The predicted octanol–water partition coefficient (Wildman–Crippen LogP) is 1.40. The van der Waals surface area contributed by atoms with E-state index in [0.717, 1.165) is 12.0 Å². The molecule has 0 radical (unpaired) electrons. The molecule has 2 fully saturated rings. The van der Waals surface area contributed by atoms with Crippen molar-refractivity contribution in [2.24, 2.45) is 5.92 Å². The number of nitrogens with one attached hydrogen (secondary N) is 1. The fourth-order valence-electron chi connectivity index (χ4n) is 3.01. The standard InChI is InChI=1S/C14H29N3/c1-13(2)5-6-15-7-9-16-10-11-17-8-3-4-14(17)12-16/h13-15H,3-12H2,1-2H3. The van der Waals surface area contributed by atoms with Gasteiger partial charge in [0.05, 0.1) is 0 Å². The summed E-state index contributed by atoms with van der Waals surface area (Å²) in [6.45, 7) is 13.4. The van der Waals surface area contributed by atoms with Crippen molar-refractivity contribution >= 4 is 0 Å². The van der Waals surface area contributed by atoms with Gasteiger partial charge in [0.15, 0.2) is 0 Å². The number of hydrogen-bond acceptors (Lipinski definition) is 3. The van der Waals surface area contributed by atoms with Crippen molar-refractivity contribution in [2.45, 2.75) is 39.2 Å². The largest absolute Gasteiger partial charge is 0.315 e. The van der Waals surface area contributed by atoms with Crippen LogP contribution in [0.15, 0.2) is 0 Å². The molecule has 2 saturated heterocycles. The fourth-order valence-corrected chi connectivity index (χ4v) is 3.01. The Hall–Kier alpha value is -0.120. The molecule has 100 valence electrons. The molecule has 2 heterocycles. The van der Waals surface area contributed by atoms with E-state index in [9.17, 15) is 0 Å². The summed E-state index contributed by atoms with van der Waals surface area (Å²) in [6, 6.07) is 0.874. The van der Waals surface area contributed by atoms with E-state index >= 15 is 0 Å². The predicted molar refractivity (Wildman–Crippen MR) is 73.4 cm³/mol. The van der Waals surface area contributed by atoms with Crippen LogP contribution in [-0.4, -0.2) is 61.7 Å². The molecular formula is C14H29N3. The molecule has 0 aromatic rings. The third kappa shape index (κ3) is 4.23. The first-order valence-electron chi connectivity index (χ1n) is 7.43. The molecule has 2 aliphatic heterocycles. The molecule has 0 amide bonds. The summed E-state index contributed by atoms with van der Waals surface area (Å²) in [5, 5.41) is 3.57. The van der Waals surface area contributed by atoms with Crippen LogP contribution in [0.4, 0.5) is 0 Å². The number of piperazine rings is 1. The molecule has 0 saturated carbocycles. The third-order valence-electron chi connectivity index (χ3n) is 4.17. The highest BCUT2D eigenvalue weighted by Crippen LogP contribution is 2.20. The number of fused-ring (bicyclic) bond motifs is 1. The van der Waals surface area contributed by atoms with Gasteiger partial charge in [-0.3, -0.25) is 9.80 Å². The van der Waals surface area contributed by atoms with E-state index in [1.54, 1.807) is 0 Å². The summed E-state index contributed by atoms with van der Waals surface area (Å²) >= 11 is 0. The van der Waals surface area contributed by atoms with Gasteiger partial charge in [0, 0.05) is 38.8 Å². The van der Waals surface area contributed by atoms with Gasteiger partial charge in [-0.2, -0.15) is 0 Å². The minimum Gasteiger partial charge on any atom is -0.315 e. The van der Waals surface area contributed by atoms with Gasteiger partial charge in [0.1, 0.15) is 0 Å². The minimum atomic E-state index is 0.824. The van der Waals surface area contributed by atoms with Crippen molar-refractivity contribution in [2.75, 3.05) is 45.8 Å². The summed E-state index contributed by atoms with van der Waals surface area (Å²) in [4.78, 5) is 5.33. The van der Waals surface area contributed by atoms with Crippen LogP contribution in [0.25, 0.3) is 0 Å². The van der Waals surface area contributed by atoms with Gasteiger partial charge in [0.25, 0.3) is 0 Å². The van der Waals surface area contributed by atoms with Crippen LogP contribution in [0, 0.1) is 5.92 Å². The number of rotatable bonds is 6. The van der Waals surface area contributed by atoms with Crippen LogP contribution >= 0.6 is 0 Å². The SMILES string of the molecule is CC(C)CCNCCN1CCN2CCCC2C1. The average Bonchev–Trinajstić information content (AvgIpc) is 2.75. The zero-order valence-corrected chi connectivity index (χ0v) is 11.6. The van der Waals surface area contributed by atoms with Crippen LogP contribution < -0.4 is 5.32 Å². The summed E-state index contributed by atoms with van der Waals surface area (Å²) in [5.41, 5.74) is 0. The summed E-state index contributed by atoms with van der Waals surface area (Å²) in [6.07, 6.45) is 4.15. The summed E-state index contributed by atoms with van der Waals surface area (Å²) < 4.78 is 0. The molecule has 0 aliphatic carbocycles. The number of hydrogen-bond donors (Lipinski definition) is 1. The Balaban J connectivity index is 1.54. The van der Waals surface area contributed by atoms with Crippen molar-refractivity contribution in [3.05, 3.63) is 0 Å². The van der Waals surface area contributed by atoms with Crippen LogP contribution in [0.5, 0.6) is 0 Å². The second kappa shape index (κ2) is 6.72. The Bertz CT molecular complexity index is 218. The van der Waals surface area contributed by atoms with Crippen molar-refractivity contribution < 1.29 is 0 Å². The molecule has 2 aliphatic rings. The molecule has 0 aromatic carbocycles. The number of nitrogens with zero attached hydrogens (tertiary/aromatic N) is 2. The summed E-state index contributed by atoms with van der Waals surface area (Å²) in [7, 11) is 0. The van der Waals surface area contributed by atoms with Gasteiger partial charge < -0.3 is 5.32 Å². The van der Waals surface area contributed by atoms with Crippen molar-refractivity contribution in [1.82, 2.24) is 15.1 Å². The molecule has 17 heavy (non-hydrogen) atoms.